The number of carboxylic acid groups (broad SMARTS) is 1. The first kappa shape index (κ1) is 26.2. The Morgan fingerprint density at radius 3 is 2.41 bits per heavy atom. The minimum atomic E-state index is -1.18. The largest absolute Gasteiger partial charge is 0.480 e. The summed E-state index contributed by atoms with van der Waals surface area (Å²) in [6, 6.07) is 5.56. The highest BCUT2D eigenvalue weighted by atomic mass is 16.4. The number of nitrogens with one attached hydrogen (secondary N) is 1. The number of hydrogen-bond acceptors (Lipinski definition) is 8. The second-order valence-electron chi connectivity index (χ2n) is 7.91. The summed E-state index contributed by atoms with van der Waals surface area (Å²) in [6.07, 6.45) is 1.75. The molecule has 34 heavy (non-hydrogen) atoms. The van der Waals surface area contributed by atoms with E-state index in [0.717, 1.165) is 5.69 Å². The molecule has 180 valence electrons. The zero-order valence-corrected chi connectivity index (χ0v) is 19.8. The predicted molar refractivity (Wildman–Crippen MR) is 132 cm³/mol. The van der Waals surface area contributed by atoms with E-state index in [4.69, 9.17) is 5.73 Å². The molecule has 1 amide bonds. The highest BCUT2D eigenvalue weighted by Crippen LogP contribution is 2.24. The first-order valence-corrected chi connectivity index (χ1v) is 10.7. The highest BCUT2D eigenvalue weighted by molar-refractivity contribution is 6.00. The van der Waals surface area contributed by atoms with Gasteiger partial charge in [0.2, 0.25) is 0 Å². The number of Topliss-reactive ketones (excluding diaryl/α,β-unsaturated/α-hetero) is 1. The number of hydrogen-bond donors (Lipinski definition) is 3. The molecule has 0 bridgehead atoms. The first-order chi connectivity index (χ1) is 16.0. The van der Waals surface area contributed by atoms with E-state index in [1.807, 2.05) is 18.9 Å². The van der Waals surface area contributed by atoms with Crippen LogP contribution < -0.4 is 16.0 Å². The van der Waals surface area contributed by atoms with Crippen molar-refractivity contribution in [3.05, 3.63) is 54.0 Å². The average molecular weight is 467 g/mol. The molecule has 2 aromatic rings. The number of nitrogens with two attached hydrogens (primary N) is 1. The average Bonchev–Trinajstić information content (AvgIpc) is 2.77. The molecule has 0 aliphatic rings. The summed E-state index contributed by atoms with van der Waals surface area (Å²) in [5, 5.41) is 11.8. The lowest BCUT2D eigenvalue weighted by Crippen LogP contribution is -2.41. The Bertz CT molecular complexity index is 1090. The van der Waals surface area contributed by atoms with Crippen LogP contribution in [-0.4, -0.2) is 58.1 Å². The molecule has 0 aliphatic heterocycles. The van der Waals surface area contributed by atoms with Gasteiger partial charge in [-0.25, -0.2) is 19.8 Å². The summed E-state index contributed by atoms with van der Waals surface area (Å²) in [4.78, 5) is 49.9. The van der Waals surface area contributed by atoms with Crippen molar-refractivity contribution in [3.8, 4) is 0 Å². The molecule has 1 aromatic carbocycles. The zero-order chi connectivity index (χ0) is 25.4. The van der Waals surface area contributed by atoms with E-state index in [9.17, 15) is 19.5 Å². The monoisotopic (exact) mass is 466 g/mol. The second-order valence-corrected chi connectivity index (χ2v) is 7.91. The fourth-order valence-corrected chi connectivity index (χ4v) is 3.21. The van der Waals surface area contributed by atoms with Gasteiger partial charge in [0.15, 0.2) is 5.82 Å². The van der Waals surface area contributed by atoms with Crippen LogP contribution in [0.4, 0.5) is 17.2 Å². The lowest BCUT2D eigenvalue weighted by molar-refractivity contribution is -0.139. The van der Waals surface area contributed by atoms with E-state index in [0.29, 0.717) is 40.8 Å². The second kappa shape index (κ2) is 11.7. The Kier molecular flexibility index (Phi) is 9.00. The lowest BCUT2D eigenvalue weighted by Gasteiger charge is -2.20. The zero-order valence-electron chi connectivity index (χ0n) is 19.8. The predicted octanol–water partition coefficient (Wildman–Crippen LogP) is 2.62. The summed E-state index contributed by atoms with van der Waals surface area (Å²) in [6.45, 7) is 9.19. The number of ketones is 1. The van der Waals surface area contributed by atoms with Gasteiger partial charge in [-0.2, -0.15) is 0 Å². The van der Waals surface area contributed by atoms with Crippen LogP contribution >= 0.6 is 0 Å². The van der Waals surface area contributed by atoms with Crippen LogP contribution in [0, 0.1) is 13.8 Å². The van der Waals surface area contributed by atoms with Crippen molar-refractivity contribution in [2.24, 2.45) is 4.99 Å². The SMILES string of the molecule is C=C/C(CN(C)c1ccc(C(=O)NC(CCC(C)=O)C(=O)O)cc1)=N\c1c(C)nc(C)nc1N. The number of aliphatic carboxylic acids is 1. The third-order valence-electron chi connectivity index (χ3n) is 5.05. The van der Waals surface area contributed by atoms with Crippen LogP contribution in [0.25, 0.3) is 0 Å². The molecular formula is C24H30N6O4. The van der Waals surface area contributed by atoms with Crippen molar-refractivity contribution in [1.29, 1.82) is 0 Å². The first-order valence-electron chi connectivity index (χ1n) is 10.7. The standard InChI is InChI=1S/C24H30N6O4/c1-6-18(28-21-15(3)26-16(4)27-22(21)25)13-30(5)19-10-8-17(9-11-19)23(32)29-20(24(33)34)12-7-14(2)31/h6,8-11,20H,1,7,12-13H2,2-5H3,(H,29,32)(H,33,34)(H2,25,26,27)/b28-18+. The van der Waals surface area contributed by atoms with Crippen molar-refractivity contribution in [2.75, 3.05) is 24.2 Å². The number of nitrogens with zero attached hydrogens (tertiary/aromatic N) is 4. The Morgan fingerprint density at radius 2 is 1.88 bits per heavy atom. The van der Waals surface area contributed by atoms with E-state index in [2.05, 4.69) is 26.9 Å². The molecule has 4 N–H and O–H groups in total. The summed E-state index contributed by atoms with van der Waals surface area (Å²) in [7, 11) is 1.86. The van der Waals surface area contributed by atoms with Gasteiger partial charge < -0.3 is 25.9 Å². The van der Waals surface area contributed by atoms with Gasteiger partial charge in [-0.1, -0.05) is 6.58 Å². The molecule has 10 heteroatoms. The maximum Gasteiger partial charge on any atom is 0.326 e. The number of carbonyl (C=O) groups is 3. The molecule has 0 radical (unpaired) electrons. The van der Waals surface area contributed by atoms with Crippen LogP contribution in [0.15, 0.2) is 41.9 Å². The Labute approximate surface area is 198 Å². The van der Waals surface area contributed by atoms with Crippen molar-refractivity contribution in [2.45, 2.75) is 39.7 Å². The van der Waals surface area contributed by atoms with E-state index >= 15 is 0 Å². The summed E-state index contributed by atoms with van der Waals surface area (Å²) in [5.41, 5.74) is 8.94. The Hall–Kier alpha value is -4.08. The van der Waals surface area contributed by atoms with Crippen LogP contribution in [0.5, 0.6) is 0 Å². The third kappa shape index (κ3) is 7.22. The third-order valence-corrected chi connectivity index (χ3v) is 5.05. The number of rotatable bonds is 11. The van der Waals surface area contributed by atoms with Gasteiger partial charge in [-0.05, 0) is 57.5 Å². The fraction of sp³-hybridized carbons (Fsp3) is 0.333. The number of anilines is 2. The number of carbonyl (C=O) groups excluding carboxylic acids is 2. The number of aryl methyl sites for hydroxylation is 2. The number of aliphatic imine (C=N–C) groups is 1. The number of carboxylic acids is 1. The summed E-state index contributed by atoms with van der Waals surface area (Å²) >= 11 is 0. The van der Waals surface area contributed by atoms with Gasteiger partial charge in [-0.15, -0.1) is 0 Å². The summed E-state index contributed by atoms with van der Waals surface area (Å²) < 4.78 is 0. The minimum Gasteiger partial charge on any atom is -0.480 e. The quantitative estimate of drug-likeness (QED) is 0.428. The number of benzene rings is 1. The maximum absolute atomic E-state index is 12.5. The van der Waals surface area contributed by atoms with Crippen LogP contribution in [0.2, 0.25) is 0 Å². The molecule has 1 heterocycles. The highest BCUT2D eigenvalue weighted by Gasteiger charge is 2.21. The van der Waals surface area contributed by atoms with Crippen molar-refractivity contribution in [3.63, 3.8) is 0 Å². The normalized spacial score (nSPS) is 12.1. The van der Waals surface area contributed by atoms with E-state index in [1.165, 1.54) is 6.92 Å². The molecule has 0 fully saturated rings. The number of nitrogen functional groups attached to an aromatic ring is 1. The van der Waals surface area contributed by atoms with Gasteiger partial charge in [0, 0.05) is 24.7 Å². The van der Waals surface area contributed by atoms with Crippen molar-refractivity contribution in [1.82, 2.24) is 15.3 Å². The van der Waals surface area contributed by atoms with Crippen LogP contribution in [0.1, 0.15) is 41.6 Å². The molecule has 1 unspecified atom stereocenters. The molecule has 0 saturated carbocycles. The van der Waals surface area contributed by atoms with Gasteiger partial charge in [0.1, 0.15) is 23.3 Å². The smallest absolute Gasteiger partial charge is 0.326 e. The molecule has 1 atom stereocenters. The van der Waals surface area contributed by atoms with Gasteiger partial charge in [-0.3, -0.25) is 4.79 Å². The molecule has 1 aromatic heterocycles. The van der Waals surface area contributed by atoms with E-state index < -0.39 is 17.9 Å². The van der Waals surface area contributed by atoms with Crippen molar-refractivity contribution < 1.29 is 19.5 Å². The van der Waals surface area contributed by atoms with Gasteiger partial charge in [0.05, 0.1) is 18.0 Å². The van der Waals surface area contributed by atoms with Gasteiger partial charge in [0.25, 0.3) is 5.91 Å². The van der Waals surface area contributed by atoms with E-state index in [1.54, 1.807) is 37.3 Å². The van der Waals surface area contributed by atoms with Crippen molar-refractivity contribution >= 4 is 40.6 Å². The molecule has 10 nitrogen and oxygen atoms in total. The minimum absolute atomic E-state index is 0.0386. The lowest BCUT2D eigenvalue weighted by atomic mass is 10.1. The van der Waals surface area contributed by atoms with Crippen LogP contribution in [-0.2, 0) is 9.59 Å². The van der Waals surface area contributed by atoms with E-state index in [-0.39, 0.29) is 18.6 Å². The Balaban J connectivity index is 2.11. The molecule has 2 rings (SSSR count). The maximum atomic E-state index is 12.5. The van der Waals surface area contributed by atoms with Crippen LogP contribution in [0.3, 0.4) is 0 Å². The topological polar surface area (TPSA) is 151 Å². The fourth-order valence-electron chi connectivity index (χ4n) is 3.21. The number of amides is 1. The molecule has 0 aliphatic carbocycles. The number of aromatic nitrogens is 2. The summed E-state index contributed by atoms with van der Waals surface area (Å²) in [5.74, 6) is -0.974. The van der Waals surface area contributed by atoms with Gasteiger partial charge >= 0.3 is 5.97 Å². The Morgan fingerprint density at radius 1 is 1.24 bits per heavy atom. The molecule has 0 saturated heterocycles. The molecule has 0 spiro atoms. The molecular weight excluding hydrogens is 436 g/mol.